The molecule has 0 saturated carbocycles. The fraction of sp³-hybridized carbons (Fsp3) is 0.143. The second kappa shape index (κ2) is 1.88. The summed E-state index contributed by atoms with van der Waals surface area (Å²) in [6, 6.07) is -0.0671. The van der Waals surface area contributed by atoms with E-state index in [1.165, 1.54) is 6.34 Å². The Balaban J connectivity index is 2.45. The number of nitrogens with zero attached hydrogens (tertiary/aromatic N) is 2. The number of hydrogen-bond donors (Lipinski definition) is 1. The van der Waals surface area contributed by atoms with E-state index in [-0.39, 0.29) is 6.04 Å². The molecular formula is C7H7N3. The van der Waals surface area contributed by atoms with Crippen LogP contribution < -0.4 is 5.73 Å². The lowest BCUT2D eigenvalue weighted by Crippen LogP contribution is -2.29. The zero-order valence-corrected chi connectivity index (χ0v) is 5.36. The minimum Gasteiger partial charge on any atom is -0.319 e. The first-order chi connectivity index (χ1) is 4.88. The summed E-state index contributed by atoms with van der Waals surface area (Å²) in [4.78, 5) is 8.03. The van der Waals surface area contributed by atoms with Gasteiger partial charge < -0.3 is 5.73 Å². The Bertz CT molecular complexity index is 271. The summed E-state index contributed by atoms with van der Waals surface area (Å²) in [5.74, 6) is 0. The van der Waals surface area contributed by atoms with Crippen LogP contribution in [0.1, 0.15) is 0 Å². The summed E-state index contributed by atoms with van der Waals surface area (Å²) in [6.07, 6.45) is 7.25. The van der Waals surface area contributed by atoms with Crippen LogP contribution in [-0.4, -0.2) is 18.1 Å². The van der Waals surface area contributed by atoms with Crippen molar-refractivity contribution in [2.75, 3.05) is 0 Å². The molecule has 2 rings (SSSR count). The number of fused-ring (bicyclic) bond motifs is 1. The van der Waals surface area contributed by atoms with E-state index in [1.54, 1.807) is 0 Å². The highest BCUT2D eigenvalue weighted by Crippen LogP contribution is 2.13. The van der Waals surface area contributed by atoms with Crippen molar-refractivity contribution in [1.29, 1.82) is 0 Å². The average Bonchev–Trinajstić information content (AvgIpc) is 2.36. The van der Waals surface area contributed by atoms with Crippen LogP contribution >= 0.6 is 0 Å². The Morgan fingerprint density at radius 1 is 1.50 bits per heavy atom. The van der Waals surface area contributed by atoms with Gasteiger partial charge in [-0.25, -0.2) is 9.98 Å². The molecular weight excluding hydrogens is 126 g/mol. The highest BCUT2D eigenvalue weighted by atomic mass is 15.0. The fourth-order valence-electron chi connectivity index (χ4n) is 1.03. The predicted octanol–water partition coefficient (Wildman–Crippen LogP) is 0.250. The topological polar surface area (TPSA) is 50.7 Å². The van der Waals surface area contributed by atoms with Crippen molar-refractivity contribution in [3.8, 4) is 0 Å². The molecule has 0 saturated heterocycles. The highest BCUT2D eigenvalue weighted by Gasteiger charge is 2.17. The van der Waals surface area contributed by atoms with E-state index in [1.807, 2.05) is 18.2 Å². The minimum absolute atomic E-state index is 0.0671. The Kier molecular flexibility index (Phi) is 1.05. The molecule has 1 unspecified atom stereocenters. The molecule has 3 heteroatoms. The zero-order chi connectivity index (χ0) is 6.97. The van der Waals surface area contributed by atoms with E-state index in [9.17, 15) is 0 Å². The molecule has 2 aliphatic rings. The lowest BCUT2D eigenvalue weighted by molar-refractivity contribution is 1.07. The monoisotopic (exact) mass is 133 g/mol. The maximum Gasteiger partial charge on any atom is 0.116 e. The molecule has 3 nitrogen and oxygen atoms in total. The van der Waals surface area contributed by atoms with Crippen LogP contribution in [0.15, 0.2) is 33.9 Å². The van der Waals surface area contributed by atoms with Gasteiger partial charge in [0.1, 0.15) is 6.34 Å². The van der Waals surface area contributed by atoms with Gasteiger partial charge >= 0.3 is 0 Å². The Labute approximate surface area is 58.7 Å². The SMILES string of the molecule is NC1C=CC=C2N=CN=C21. The van der Waals surface area contributed by atoms with Crippen molar-refractivity contribution in [3.63, 3.8) is 0 Å². The Hall–Kier alpha value is -1.22. The van der Waals surface area contributed by atoms with Crippen LogP contribution in [0.4, 0.5) is 0 Å². The van der Waals surface area contributed by atoms with Crippen LogP contribution in [0.3, 0.4) is 0 Å². The lowest BCUT2D eigenvalue weighted by atomic mass is 10.1. The molecule has 1 heterocycles. The second-order valence-electron chi connectivity index (χ2n) is 2.22. The van der Waals surface area contributed by atoms with Gasteiger partial charge in [-0.15, -0.1) is 0 Å². The number of hydrogen-bond acceptors (Lipinski definition) is 3. The summed E-state index contributed by atoms with van der Waals surface area (Å²) < 4.78 is 0. The first-order valence-electron chi connectivity index (χ1n) is 3.12. The minimum atomic E-state index is -0.0671. The Morgan fingerprint density at radius 3 is 3.20 bits per heavy atom. The van der Waals surface area contributed by atoms with Crippen molar-refractivity contribution in [1.82, 2.24) is 0 Å². The first-order valence-corrected chi connectivity index (χ1v) is 3.12. The third-order valence-corrected chi connectivity index (χ3v) is 1.54. The van der Waals surface area contributed by atoms with Gasteiger partial charge in [0.05, 0.1) is 17.5 Å². The van der Waals surface area contributed by atoms with Crippen LogP contribution in [0.2, 0.25) is 0 Å². The van der Waals surface area contributed by atoms with E-state index in [0.29, 0.717) is 0 Å². The van der Waals surface area contributed by atoms with Crippen LogP contribution in [0.5, 0.6) is 0 Å². The largest absolute Gasteiger partial charge is 0.319 e. The molecule has 1 aliphatic heterocycles. The van der Waals surface area contributed by atoms with Gasteiger partial charge in [-0.1, -0.05) is 12.2 Å². The van der Waals surface area contributed by atoms with E-state index < -0.39 is 0 Å². The van der Waals surface area contributed by atoms with E-state index in [2.05, 4.69) is 9.98 Å². The maximum absolute atomic E-state index is 5.68. The second-order valence-corrected chi connectivity index (χ2v) is 2.22. The molecule has 1 atom stereocenters. The quantitative estimate of drug-likeness (QED) is 0.506. The Morgan fingerprint density at radius 2 is 2.40 bits per heavy atom. The summed E-state index contributed by atoms with van der Waals surface area (Å²) in [6.45, 7) is 0. The molecule has 10 heavy (non-hydrogen) atoms. The average molecular weight is 133 g/mol. The van der Waals surface area contributed by atoms with Crippen LogP contribution in [-0.2, 0) is 0 Å². The third kappa shape index (κ3) is 0.642. The molecule has 0 radical (unpaired) electrons. The molecule has 0 amide bonds. The van der Waals surface area contributed by atoms with Crippen molar-refractivity contribution in [2.45, 2.75) is 6.04 Å². The summed E-state index contributed by atoms with van der Waals surface area (Å²) in [5, 5.41) is 0. The zero-order valence-electron chi connectivity index (χ0n) is 5.36. The van der Waals surface area contributed by atoms with Crippen molar-refractivity contribution < 1.29 is 0 Å². The molecule has 50 valence electrons. The first kappa shape index (κ1) is 5.56. The highest BCUT2D eigenvalue weighted by molar-refractivity contribution is 6.12. The van der Waals surface area contributed by atoms with Gasteiger partial charge in [-0.05, 0) is 6.08 Å². The fourth-order valence-corrected chi connectivity index (χ4v) is 1.03. The number of aliphatic imine (C=N–C) groups is 2. The standard InChI is InChI=1S/C7H7N3/c8-5-2-1-3-6-7(5)10-4-9-6/h1-5H,8H2. The van der Waals surface area contributed by atoms with Crippen molar-refractivity contribution in [2.24, 2.45) is 15.7 Å². The molecule has 0 fully saturated rings. The smallest absolute Gasteiger partial charge is 0.116 e. The summed E-state index contributed by atoms with van der Waals surface area (Å²) in [7, 11) is 0. The molecule has 0 bridgehead atoms. The lowest BCUT2D eigenvalue weighted by Gasteiger charge is -2.09. The normalized spacial score (nSPS) is 27.9. The van der Waals surface area contributed by atoms with Gasteiger partial charge in [-0.2, -0.15) is 0 Å². The molecule has 0 aromatic rings. The van der Waals surface area contributed by atoms with Crippen molar-refractivity contribution in [3.05, 3.63) is 23.9 Å². The van der Waals surface area contributed by atoms with Gasteiger partial charge in [-0.3, -0.25) is 0 Å². The van der Waals surface area contributed by atoms with E-state index in [0.717, 1.165) is 11.4 Å². The predicted molar refractivity (Wildman–Crippen MR) is 41.1 cm³/mol. The van der Waals surface area contributed by atoms with Crippen LogP contribution in [0.25, 0.3) is 0 Å². The third-order valence-electron chi connectivity index (χ3n) is 1.54. The molecule has 2 N–H and O–H groups in total. The van der Waals surface area contributed by atoms with Gasteiger partial charge in [0.15, 0.2) is 0 Å². The summed E-state index contributed by atoms with van der Waals surface area (Å²) in [5.41, 5.74) is 7.46. The van der Waals surface area contributed by atoms with Gasteiger partial charge in [0.2, 0.25) is 0 Å². The molecule has 0 aromatic carbocycles. The maximum atomic E-state index is 5.68. The number of rotatable bonds is 0. The molecule has 0 aromatic heterocycles. The number of allylic oxidation sites excluding steroid dienone is 2. The summed E-state index contributed by atoms with van der Waals surface area (Å²) >= 11 is 0. The van der Waals surface area contributed by atoms with E-state index >= 15 is 0 Å². The van der Waals surface area contributed by atoms with Crippen molar-refractivity contribution >= 4 is 12.1 Å². The van der Waals surface area contributed by atoms with Crippen LogP contribution in [0, 0.1) is 0 Å². The van der Waals surface area contributed by atoms with E-state index in [4.69, 9.17) is 5.73 Å². The molecule has 0 spiro atoms. The van der Waals surface area contributed by atoms with Gasteiger partial charge in [0, 0.05) is 0 Å². The number of nitrogens with two attached hydrogens (primary N) is 1. The molecule has 1 aliphatic carbocycles. The van der Waals surface area contributed by atoms with Gasteiger partial charge in [0.25, 0.3) is 0 Å².